The predicted molar refractivity (Wildman–Crippen MR) is 51.4 cm³/mol. The van der Waals surface area contributed by atoms with E-state index in [1.54, 1.807) is 6.26 Å². The first kappa shape index (κ1) is 7.88. The van der Waals surface area contributed by atoms with Crippen molar-refractivity contribution in [1.82, 2.24) is 0 Å². The molecule has 0 saturated carbocycles. The molecule has 1 saturated heterocycles. The minimum absolute atomic E-state index is 0.289. The lowest BCUT2D eigenvalue weighted by molar-refractivity contribution is 0.265. The number of fused-ring (bicyclic) bond motifs is 1. The van der Waals surface area contributed by atoms with Crippen molar-refractivity contribution in [2.24, 2.45) is 0 Å². The van der Waals surface area contributed by atoms with Gasteiger partial charge < -0.3 is 13.9 Å². The first-order valence-corrected chi connectivity index (χ1v) is 4.64. The second kappa shape index (κ2) is 3.03. The maximum absolute atomic E-state index is 5.62. The molecule has 1 fully saturated rings. The van der Waals surface area contributed by atoms with Gasteiger partial charge in [0, 0.05) is 0 Å². The smallest absolute Gasteiger partial charge is 0.137 e. The molecule has 0 amide bonds. The average Bonchev–Trinajstić information content (AvgIpc) is 2.91. The molecule has 0 bridgehead atoms. The van der Waals surface area contributed by atoms with Crippen molar-refractivity contribution in [3.05, 3.63) is 30.5 Å². The number of hydrogen-bond donors (Lipinski definition) is 0. The summed E-state index contributed by atoms with van der Waals surface area (Å²) in [6.45, 7) is 1.45. The Morgan fingerprint density at radius 2 is 2.29 bits per heavy atom. The van der Waals surface area contributed by atoms with Gasteiger partial charge >= 0.3 is 0 Å². The Labute approximate surface area is 81.2 Å². The fourth-order valence-corrected chi connectivity index (χ4v) is 1.44. The Bertz CT molecular complexity index is 442. The van der Waals surface area contributed by atoms with Crippen LogP contribution in [-0.2, 0) is 4.74 Å². The highest BCUT2D eigenvalue weighted by Crippen LogP contribution is 2.26. The fourth-order valence-electron chi connectivity index (χ4n) is 1.44. The van der Waals surface area contributed by atoms with E-state index in [1.807, 2.05) is 24.3 Å². The molecule has 2 heterocycles. The van der Waals surface area contributed by atoms with Crippen molar-refractivity contribution in [2.45, 2.75) is 6.10 Å². The lowest BCUT2D eigenvalue weighted by Crippen LogP contribution is -2.03. The number of hydrogen-bond acceptors (Lipinski definition) is 3. The van der Waals surface area contributed by atoms with E-state index in [4.69, 9.17) is 13.9 Å². The maximum atomic E-state index is 5.62. The molecule has 0 radical (unpaired) electrons. The highest BCUT2D eigenvalue weighted by molar-refractivity contribution is 5.83. The summed E-state index contributed by atoms with van der Waals surface area (Å²) in [4.78, 5) is 0. The zero-order valence-corrected chi connectivity index (χ0v) is 7.60. The van der Waals surface area contributed by atoms with Gasteiger partial charge in [0.25, 0.3) is 0 Å². The Kier molecular flexibility index (Phi) is 1.70. The molecule has 1 aromatic carbocycles. The number of rotatable bonds is 3. The minimum atomic E-state index is 0.289. The normalized spacial score (nSPS) is 19.9. The van der Waals surface area contributed by atoms with Gasteiger partial charge in [-0.05, 0) is 18.2 Å². The van der Waals surface area contributed by atoms with Crippen molar-refractivity contribution in [2.75, 3.05) is 13.2 Å². The van der Waals surface area contributed by atoms with E-state index in [0.717, 1.165) is 23.3 Å². The molecule has 0 spiro atoms. The maximum Gasteiger partial charge on any atom is 0.137 e. The van der Waals surface area contributed by atoms with Crippen molar-refractivity contribution in [3.8, 4) is 5.75 Å². The van der Waals surface area contributed by atoms with Crippen LogP contribution in [0.3, 0.4) is 0 Å². The van der Waals surface area contributed by atoms with Crippen molar-refractivity contribution >= 4 is 11.0 Å². The molecule has 2 aromatic rings. The summed E-state index contributed by atoms with van der Waals surface area (Å²) < 4.78 is 16.0. The second-order valence-electron chi connectivity index (χ2n) is 3.35. The topological polar surface area (TPSA) is 34.9 Å². The summed E-state index contributed by atoms with van der Waals surface area (Å²) >= 11 is 0. The van der Waals surface area contributed by atoms with Gasteiger partial charge in [-0.1, -0.05) is 6.07 Å². The molecule has 0 N–H and O–H groups in total. The summed E-state index contributed by atoms with van der Waals surface area (Å²) in [5, 5.41) is 1.02. The third kappa shape index (κ3) is 1.36. The van der Waals surface area contributed by atoms with Crippen LogP contribution in [0.2, 0.25) is 0 Å². The van der Waals surface area contributed by atoms with Gasteiger partial charge in [-0.2, -0.15) is 0 Å². The van der Waals surface area contributed by atoms with Crippen LogP contribution in [0.5, 0.6) is 5.75 Å². The molecule has 14 heavy (non-hydrogen) atoms. The second-order valence-corrected chi connectivity index (χ2v) is 3.35. The van der Waals surface area contributed by atoms with Crippen LogP contribution < -0.4 is 4.74 Å². The molecule has 1 aliphatic rings. The van der Waals surface area contributed by atoms with E-state index in [1.165, 1.54) is 0 Å². The Hall–Kier alpha value is -1.48. The van der Waals surface area contributed by atoms with Gasteiger partial charge in [0.05, 0.1) is 18.3 Å². The monoisotopic (exact) mass is 190 g/mol. The number of ether oxygens (including phenoxy) is 2. The molecule has 1 atom stereocenters. The number of furan rings is 1. The van der Waals surface area contributed by atoms with Crippen molar-refractivity contribution in [1.29, 1.82) is 0 Å². The van der Waals surface area contributed by atoms with Crippen LogP contribution in [0, 0.1) is 0 Å². The van der Waals surface area contributed by atoms with Crippen molar-refractivity contribution in [3.63, 3.8) is 0 Å². The third-order valence-corrected chi connectivity index (χ3v) is 2.28. The summed E-state index contributed by atoms with van der Waals surface area (Å²) in [7, 11) is 0. The van der Waals surface area contributed by atoms with E-state index in [2.05, 4.69) is 0 Å². The Morgan fingerprint density at radius 1 is 1.36 bits per heavy atom. The van der Waals surface area contributed by atoms with Crippen LogP contribution in [0.15, 0.2) is 34.9 Å². The average molecular weight is 190 g/mol. The summed E-state index contributed by atoms with van der Waals surface area (Å²) in [5.41, 5.74) is 0.860. The van der Waals surface area contributed by atoms with Gasteiger partial charge in [-0.15, -0.1) is 0 Å². The quantitative estimate of drug-likeness (QED) is 0.696. The molecular formula is C11H10O3. The van der Waals surface area contributed by atoms with Crippen LogP contribution in [0.4, 0.5) is 0 Å². The molecule has 1 unspecified atom stereocenters. The lowest BCUT2D eigenvalue weighted by Gasteiger charge is -2.04. The van der Waals surface area contributed by atoms with E-state index in [9.17, 15) is 0 Å². The molecule has 3 nitrogen and oxygen atoms in total. The Balaban J connectivity index is 1.89. The molecule has 1 aromatic heterocycles. The highest BCUT2D eigenvalue weighted by Gasteiger charge is 2.23. The van der Waals surface area contributed by atoms with E-state index in [-0.39, 0.29) is 6.10 Å². The number of benzene rings is 1. The van der Waals surface area contributed by atoms with Crippen LogP contribution in [-0.4, -0.2) is 19.3 Å². The standard InChI is InChI=1S/C11H10O3/c1-2-10-9(4-5-12-10)11(3-1)14-7-8-6-13-8/h1-5,8H,6-7H2. The van der Waals surface area contributed by atoms with E-state index in [0.29, 0.717) is 6.61 Å². The molecule has 0 aliphatic carbocycles. The highest BCUT2D eigenvalue weighted by atomic mass is 16.6. The molecule has 3 rings (SSSR count). The summed E-state index contributed by atoms with van der Waals surface area (Å²) in [6.07, 6.45) is 1.96. The largest absolute Gasteiger partial charge is 0.490 e. The van der Waals surface area contributed by atoms with Gasteiger partial charge in [-0.25, -0.2) is 0 Å². The zero-order valence-electron chi connectivity index (χ0n) is 7.60. The van der Waals surface area contributed by atoms with Crippen molar-refractivity contribution < 1.29 is 13.9 Å². The van der Waals surface area contributed by atoms with Crippen LogP contribution in [0.25, 0.3) is 11.0 Å². The summed E-state index contributed by atoms with van der Waals surface area (Å²) in [6, 6.07) is 7.71. The number of epoxide rings is 1. The van der Waals surface area contributed by atoms with Gasteiger partial charge in [0.2, 0.25) is 0 Å². The van der Waals surface area contributed by atoms with Crippen LogP contribution >= 0.6 is 0 Å². The SMILES string of the molecule is c1cc(OCC2CO2)c2ccoc2c1. The zero-order chi connectivity index (χ0) is 9.38. The van der Waals surface area contributed by atoms with Gasteiger partial charge in [0.1, 0.15) is 24.0 Å². The lowest BCUT2D eigenvalue weighted by atomic mass is 10.2. The van der Waals surface area contributed by atoms with Gasteiger partial charge in [-0.3, -0.25) is 0 Å². The molecule has 72 valence electrons. The minimum Gasteiger partial charge on any atom is -0.490 e. The van der Waals surface area contributed by atoms with E-state index < -0.39 is 0 Å². The van der Waals surface area contributed by atoms with Crippen LogP contribution in [0.1, 0.15) is 0 Å². The van der Waals surface area contributed by atoms with E-state index >= 15 is 0 Å². The molecule has 3 heteroatoms. The predicted octanol–water partition coefficient (Wildman–Crippen LogP) is 2.21. The first-order chi connectivity index (χ1) is 6.93. The Morgan fingerprint density at radius 3 is 3.14 bits per heavy atom. The third-order valence-electron chi connectivity index (χ3n) is 2.28. The molecular weight excluding hydrogens is 180 g/mol. The molecule has 1 aliphatic heterocycles. The summed E-state index contributed by atoms with van der Waals surface area (Å²) in [5.74, 6) is 0.867. The first-order valence-electron chi connectivity index (χ1n) is 4.64. The van der Waals surface area contributed by atoms with Gasteiger partial charge in [0.15, 0.2) is 0 Å². The fraction of sp³-hybridized carbons (Fsp3) is 0.273.